The standard InChI is InChI=1S/C16H19N3O2/c17-15(20)10-19-7-3-5-12(9-19)14-8-11-4-1-2-6-13(11)16(21)18-14/h1-2,4,6,8,12H,3,5,7,9-10H2,(H2,17,20)(H,18,21). The van der Waals surface area contributed by atoms with Crippen molar-refractivity contribution in [2.45, 2.75) is 18.8 Å². The normalized spacial score (nSPS) is 19.7. The third-order valence-electron chi connectivity index (χ3n) is 4.10. The summed E-state index contributed by atoms with van der Waals surface area (Å²) in [4.78, 5) is 28.3. The molecule has 1 saturated heterocycles. The number of piperidine rings is 1. The highest BCUT2D eigenvalue weighted by molar-refractivity contribution is 5.81. The average molecular weight is 285 g/mol. The van der Waals surface area contributed by atoms with Crippen molar-refractivity contribution in [2.24, 2.45) is 5.73 Å². The Bertz CT molecular complexity index is 723. The molecule has 0 bridgehead atoms. The molecule has 0 aliphatic carbocycles. The molecule has 3 N–H and O–H groups in total. The molecule has 1 aliphatic rings. The van der Waals surface area contributed by atoms with Crippen LogP contribution in [0.4, 0.5) is 0 Å². The molecular weight excluding hydrogens is 266 g/mol. The molecule has 2 heterocycles. The third-order valence-corrected chi connectivity index (χ3v) is 4.10. The Morgan fingerprint density at radius 1 is 1.38 bits per heavy atom. The summed E-state index contributed by atoms with van der Waals surface area (Å²) in [5.74, 6) is -0.0574. The number of nitrogens with two attached hydrogens (primary N) is 1. The van der Waals surface area contributed by atoms with Crippen LogP contribution in [-0.4, -0.2) is 35.4 Å². The van der Waals surface area contributed by atoms with E-state index in [2.05, 4.69) is 16.0 Å². The molecule has 0 radical (unpaired) electrons. The SMILES string of the molecule is NC(=O)CN1CCCC(c2cc3ccccc3c(=O)[nH]2)C1. The maximum atomic E-state index is 12.2. The van der Waals surface area contributed by atoms with E-state index >= 15 is 0 Å². The first kappa shape index (κ1) is 13.8. The van der Waals surface area contributed by atoms with Crippen LogP contribution in [0.3, 0.4) is 0 Å². The third kappa shape index (κ3) is 2.97. The number of nitrogens with one attached hydrogen (secondary N) is 1. The number of carbonyl (C=O) groups is 1. The number of carbonyl (C=O) groups excluding carboxylic acids is 1. The summed E-state index contributed by atoms with van der Waals surface area (Å²) >= 11 is 0. The van der Waals surface area contributed by atoms with Gasteiger partial charge in [-0.1, -0.05) is 18.2 Å². The van der Waals surface area contributed by atoms with Gasteiger partial charge in [-0.25, -0.2) is 0 Å². The van der Waals surface area contributed by atoms with Gasteiger partial charge in [-0.3, -0.25) is 14.5 Å². The highest BCUT2D eigenvalue weighted by Gasteiger charge is 2.23. The summed E-state index contributed by atoms with van der Waals surface area (Å²) in [6, 6.07) is 9.64. The number of primary amides is 1. The molecule has 1 fully saturated rings. The van der Waals surface area contributed by atoms with E-state index in [1.54, 1.807) is 0 Å². The van der Waals surface area contributed by atoms with E-state index in [1.165, 1.54) is 0 Å². The van der Waals surface area contributed by atoms with Crippen molar-refractivity contribution >= 4 is 16.7 Å². The Morgan fingerprint density at radius 3 is 3.00 bits per heavy atom. The maximum absolute atomic E-state index is 12.2. The molecule has 5 nitrogen and oxygen atoms in total. The number of H-pyrrole nitrogens is 1. The number of amides is 1. The van der Waals surface area contributed by atoms with Crippen molar-refractivity contribution in [1.82, 2.24) is 9.88 Å². The van der Waals surface area contributed by atoms with E-state index in [9.17, 15) is 9.59 Å². The summed E-state index contributed by atoms with van der Waals surface area (Å²) in [6.07, 6.45) is 2.02. The van der Waals surface area contributed by atoms with E-state index in [-0.39, 0.29) is 23.9 Å². The lowest BCUT2D eigenvalue weighted by atomic mass is 9.93. The molecule has 0 saturated carbocycles. The van der Waals surface area contributed by atoms with Crippen LogP contribution in [0, 0.1) is 0 Å². The van der Waals surface area contributed by atoms with Crippen molar-refractivity contribution in [3.05, 3.63) is 46.4 Å². The van der Waals surface area contributed by atoms with Gasteiger partial charge in [-0.2, -0.15) is 0 Å². The first-order valence-corrected chi connectivity index (χ1v) is 7.26. The molecule has 1 aromatic heterocycles. The molecule has 1 unspecified atom stereocenters. The first-order valence-electron chi connectivity index (χ1n) is 7.26. The van der Waals surface area contributed by atoms with E-state index in [1.807, 2.05) is 24.3 Å². The number of benzene rings is 1. The van der Waals surface area contributed by atoms with Crippen molar-refractivity contribution in [1.29, 1.82) is 0 Å². The number of pyridine rings is 1. The van der Waals surface area contributed by atoms with Gasteiger partial charge in [0.1, 0.15) is 0 Å². The van der Waals surface area contributed by atoms with Gasteiger partial charge in [0.15, 0.2) is 0 Å². The zero-order valence-electron chi connectivity index (χ0n) is 11.8. The van der Waals surface area contributed by atoms with Gasteiger partial charge >= 0.3 is 0 Å². The van der Waals surface area contributed by atoms with E-state index in [4.69, 9.17) is 5.73 Å². The monoisotopic (exact) mass is 285 g/mol. The molecule has 1 aromatic carbocycles. The molecule has 1 atom stereocenters. The molecule has 0 spiro atoms. The minimum atomic E-state index is -0.303. The van der Waals surface area contributed by atoms with Crippen molar-refractivity contribution in [3.63, 3.8) is 0 Å². The van der Waals surface area contributed by atoms with Crippen molar-refractivity contribution in [2.75, 3.05) is 19.6 Å². The second kappa shape index (κ2) is 5.69. The van der Waals surface area contributed by atoms with Gasteiger partial charge in [0.2, 0.25) is 5.91 Å². The number of aromatic amines is 1. The lowest BCUT2D eigenvalue weighted by Gasteiger charge is -2.31. The van der Waals surface area contributed by atoms with Gasteiger partial charge in [0.25, 0.3) is 5.56 Å². The Labute approximate surface area is 122 Å². The quantitative estimate of drug-likeness (QED) is 0.889. The van der Waals surface area contributed by atoms with Crippen molar-refractivity contribution < 1.29 is 4.79 Å². The smallest absolute Gasteiger partial charge is 0.256 e. The molecule has 5 heteroatoms. The Morgan fingerprint density at radius 2 is 2.19 bits per heavy atom. The minimum absolute atomic E-state index is 0.0462. The number of aromatic nitrogens is 1. The first-order chi connectivity index (χ1) is 10.1. The van der Waals surface area contributed by atoms with Gasteiger partial charge < -0.3 is 10.7 Å². The van der Waals surface area contributed by atoms with Crippen LogP contribution in [0.5, 0.6) is 0 Å². The van der Waals surface area contributed by atoms with Crippen LogP contribution < -0.4 is 11.3 Å². The predicted molar refractivity (Wildman–Crippen MR) is 82.2 cm³/mol. The Balaban J connectivity index is 1.89. The van der Waals surface area contributed by atoms with Gasteiger partial charge in [0.05, 0.1) is 6.54 Å². The van der Waals surface area contributed by atoms with E-state index < -0.39 is 0 Å². The largest absolute Gasteiger partial charge is 0.369 e. The summed E-state index contributed by atoms with van der Waals surface area (Å²) in [7, 11) is 0. The zero-order valence-corrected chi connectivity index (χ0v) is 11.8. The molecule has 21 heavy (non-hydrogen) atoms. The number of rotatable bonds is 3. The fourth-order valence-corrected chi connectivity index (χ4v) is 3.12. The number of fused-ring (bicyclic) bond motifs is 1. The van der Waals surface area contributed by atoms with Crippen LogP contribution in [-0.2, 0) is 4.79 Å². The lowest BCUT2D eigenvalue weighted by molar-refractivity contribution is -0.119. The van der Waals surface area contributed by atoms with Gasteiger partial charge in [-0.05, 0) is 36.9 Å². The average Bonchev–Trinajstić information content (AvgIpc) is 2.47. The lowest BCUT2D eigenvalue weighted by Crippen LogP contribution is -2.40. The van der Waals surface area contributed by atoms with Crippen LogP contribution in [0.25, 0.3) is 10.8 Å². The number of hydrogen-bond acceptors (Lipinski definition) is 3. The molecule has 3 rings (SSSR count). The van der Waals surface area contributed by atoms with Gasteiger partial charge in [-0.15, -0.1) is 0 Å². The predicted octanol–water partition coefficient (Wildman–Crippen LogP) is 1.19. The van der Waals surface area contributed by atoms with Gasteiger partial charge in [0, 0.05) is 23.5 Å². The van der Waals surface area contributed by atoms with Crippen LogP contribution in [0.15, 0.2) is 35.1 Å². The number of hydrogen-bond donors (Lipinski definition) is 2. The second-order valence-electron chi connectivity index (χ2n) is 5.68. The van der Waals surface area contributed by atoms with Crippen LogP contribution in [0.2, 0.25) is 0 Å². The maximum Gasteiger partial charge on any atom is 0.256 e. The molecule has 1 amide bonds. The topological polar surface area (TPSA) is 79.2 Å². The molecule has 110 valence electrons. The van der Waals surface area contributed by atoms with Crippen LogP contribution in [0.1, 0.15) is 24.5 Å². The summed E-state index contributed by atoms with van der Waals surface area (Å²) < 4.78 is 0. The Hall–Kier alpha value is -2.14. The van der Waals surface area contributed by atoms with E-state index in [0.717, 1.165) is 37.0 Å². The number of likely N-dealkylation sites (tertiary alicyclic amines) is 1. The summed E-state index contributed by atoms with van der Waals surface area (Å²) in [6.45, 7) is 1.93. The number of nitrogens with zero attached hydrogens (tertiary/aromatic N) is 1. The van der Waals surface area contributed by atoms with Crippen molar-refractivity contribution in [3.8, 4) is 0 Å². The molecule has 1 aliphatic heterocycles. The fraction of sp³-hybridized carbons (Fsp3) is 0.375. The highest BCUT2D eigenvalue weighted by Crippen LogP contribution is 2.26. The minimum Gasteiger partial charge on any atom is -0.369 e. The fourth-order valence-electron chi connectivity index (χ4n) is 3.12. The zero-order chi connectivity index (χ0) is 14.8. The highest BCUT2D eigenvalue weighted by atomic mass is 16.1. The molecular formula is C16H19N3O2. The van der Waals surface area contributed by atoms with E-state index in [0.29, 0.717) is 5.39 Å². The van der Waals surface area contributed by atoms with Crippen LogP contribution >= 0.6 is 0 Å². The Kier molecular flexibility index (Phi) is 3.75. The second-order valence-corrected chi connectivity index (χ2v) is 5.68. The molecule has 2 aromatic rings. The summed E-state index contributed by atoms with van der Waals surface area (Å²) in [5, 5.41) is 1.68. The summed E-state index contributed by atoms with van der Waals surface area (Å²) in [5.41, 5.74) is 6.17.